The van der Waals surface area contributed by atoms with Gasteiger partial charge in [0.1, 0.15) is 0 Å². The minimum Gasteiger partial charge on any atom is -0.311 e. The Kier molecular flexibility index (Phi) is 10.5. The summed E-state index contributed by atoms with van der Waals surface area (Å²) in [5.74, 6) is 0. The van der Waals surface area contributed by atoms with Gasteiger partial charge in [0, 0.05) is 58.7 Å². The van der Waals surface area contributed by atoms with Gasteiger partial charge < -0.3 is 14.7 Å². The minimum atomic E-state index is -2.39. The third kappa shape index (κ3) is 7.79. The topological polar surface area (TPSA) is 9.72 Å². The van der Waals surface area contributed by atoms with Gasteiger partial charge in [0.05, 0.1) is 17.1 Å². The number of anilines is 9. The molecule has 0 saturated heterocycles. The molecule has 2 bridgehead atoms. The van der Waals surface area contributed by atoms with Crippen molar-refractivity contribution in [2.75, 3.05) is 14.7 Å². The number of benzene rings is 8. The summed E-state index contributed by atoms with van der Waals surface area (Å²) in [5, 5.41) is 1.32. The van der Waals surface area contributed by atoms with E-state index in [-0.39, 0.29) is 39.2 Å². The molecule has 0 amide bonds. The van der Waals surface area contributed by atoms with Crippen LogP contribution in [-0.4, -0.2) is 6.71 Å². The van der Waals surface area contributed by atoms with E-state index < -0.39 is 6.85 Å². The zero-order valence-electron chi connectivity index (χ0n) is 52.2. The highest BCUT2D eigenvalue weighted by Gasteiger charge is 2.51. The molecule has 5 heteroatoms. The predicted molar refractivity (Wildman–Crippen MR) is 347 cm³/mol. The van der Waals surface area contributed by atoms with Gasteiger partial charge in [-0.15, -0.1) is 11.3 Å². The van der Waals surface area contributed by atoms with Gasteiger partial charge in [-0.1, -0.05) is 174 Å². The van der Waals surface area contributed by atoms with Crippen LogP contribution in [0.2, 0.25) is 0 Å². The summed E-state index contributed by atoms with van der Waals surface area (Å²) >= 11 is 2.02. The van der Waals surface area contributed by atoms with Crippen molar-refractivity contribution in [1.82, 2.24) is 0 Å². The van der Waals surface area contributed by atoms with E-state index in [1.54, 1.807) is 11.6 Å². The van der Waals surface area contributed by atoms with E-state index in [9.17, 15) is 0 Å². The second-order valence-electron chi connectivity index (χ2n) is 28.4. The quantitative estimate of drug-likeness (QED) is 0.154. The molecule has 1 saturated carbocycles. The molecule has 9 aromatic rings. The number of aryl methyl sites for hydroxylation is 1. The van der Waals surface area contributed by atoms with Crippen LogP contribution in [0.1, 0.15) is 165 Å². The normalized spacial score (nSPS) is 20.9. The van der Waals surface area contributed by atoms with Crippen molar-refractivity contribution in [2.24, 2.45) is 0 Å². The second kappa shape index (κ2) is 17.6. The van der Waals surface area contributed by atoms with Crippen LogP contribution >= 0.6 is 11.3 Å². The second-order valence-corrected chi connectivity index (χ2v) is 29.5. The van der Waals surface area contributed by atoms with Crippen molar-refractivity contribution in [3.63, 3.8) is 0 Å². The lowest BCUT2D eigenvalue weighted by Gasteiger charge is -2.52. The molecule has 1 aromatic heterocycles. The van der Waals surface area contributed by atoms with Gasteiger partial charge in [0.15, 0.2) is 0 Å². The van der Waals surface area contributed by atoms with E-state index in [2.05, 4.69) is 231 Å². The number of hydrogen-bond acceptors (Lipinski definition) is 4. The zero-order chi connectivity index (χ0) is 58.1. The van der Waals surface area contributed by atoms with E-state index >= 15 is 0 Å². The molecule has 15 rings (SSSR count). The predicted octanol–water partition coefficient (Wildman–Crippen LogP) is 19.5. The summed E-state index contributed by atoms with van der Waals surface area (Å²) in [4.78, 5) is 7.48. The first kappa shape index (κ1) is 47.9. The number of thiophene rings is 1. The average molecular weight is 1070 g/mol. The fourth-order valence-corrected chi connectivity index (χ4v) is 16.3. The molecule has 3 heterocycles. The fourth-order valence-electron chi connectivity index (χ4n) is 15.0. The van der Waals surface area contributed by atoms with Crippen LogP contribution in [0, 0.1) is 6.85 Å². The maximum Gasteiger partial charge on any atom is 0.264 e. The highest BCUT2D eigenvalue weighted by Crippen LogP contribution is 2.60. The lowest BCUT2D eigenvalue weighted by Crippen LogP contribution is -2.60. The molecule has 0 spiro atoms. The molecule has 0 atom stereocenters. The molecule has 8 aromatic carbocycles. The molecule has 3 nitrogen and oxygen atoms in total. The summed E-state index contributed by atoms with van der Waals surface area (Å²) in [7, 11) is 0. The van der Waals surface area contributed by atoms with Crippen LogP contribution in [-0.2, 0) is 32.5 Å². The van der Waals surface area contributed by atoms with Crippen molar-refractivity contribution >= 4 is 95.0 Å². The number of hydrogen-bond donors (Lipinski definition) is 0. The Labute approximate surface area is 486 Å². The first-order valence-corrected chi connectivity index (χ1v) is 30.4. The standard InChI is InChI=1S/C75H78BN3S/c1-47-22-20-21-27-61(47)77(51-25-18-15-19-26-51)53-43-64-67-65(44-53)79(62-32-28-49(70(2,3)4)40-54(62)48-23-16-14-17-24-48)63-33-29-50(71(5,6)7)41-60(63)76(67)69-68(78(64)52-30-31-56-57(42-52)73(10,11)35-34-72(56,8)9)55-45-58-59(46-66(55)80-69)75(13)38-36-74(58,12)37-39-75/h14-33,40-46H,34-39H2,1-13H3/i1D3. The van der Waals surface area contributed by atoms with Crippen LogP contribution in [0.5, 0.6) is 0 Å². The van der Waals surface area contributed by atoms with Crippen LogP contribution in [0.4, 0.5) is 51.2 Å². The van der Waals surface area contributed by atoms with Crippen LogP contribution in [0.3, 0.4) is 0 Å². The van der Waals surface area contributed by atoms with E-state index in [1.807, 2.05) is 35.6 Å². The van der Waals surface area contributed by atoms with Gasteiger partial charge in [0.2, 0.25) is 0 Å². The Morgan fingerprint density at radius 3 is 1.76 bits per heavy atom. The number of fused-ring (bicyclic) bond motifs is 9. The van der Waals surface area contributed by atoms with E-state index in [0.29, 0.717) is 11.3 Å². The summed E-state index contributed by atoms with van der Waals surface area (Å²) in [6.45, 7) is 26.3. The Morgan fingerprint density at radius 2 is 1.10 bits per heavy atom. The molecule has 80 heavy (non-hydrogen) atoms. The van der Waals surface area contributed by atoms with Gasteiger partial charge >= 0.3 is 0 Å². The molecular formula is C75H78BN3S. The van der Waals surface area contributed by atoms with Crippen molar-refractivity contribution < 1.29 is 4.11 Å². The van der Waals surface area contributed by atoms with Gasteiger partial charge in [-0.3, -0.25) is 0 Å². The third-order valence-electron chi connectivity index (χ3n) is 20.1. The lowest BCUT2D eigenvalue weighted by molar-refractivity contribution is 0.188. The van der Waals surface area contributed by atoms with Crippen molar-refractivity contribution in [3.05, 3.63) is 203 Å². The maximum atomic E-state index is 9.09. The van der Waals surface area contributed by atoms with Gasteiger partial charge in [-0.25, -0.2) is 0 Å². The van der Waals surface area contributed by atoms with E-state index in [1.165, 1.54) is 85.0 Å². The number of nitrogens with zero attached hydrogens (tertiary/aromatic N) is 3. The van der Waals surface area contributed by atoms with Crippen molar-refractivity contribution in [1.29, 1.82) is 0 Å². The van der Waals surface area contributed by atoms with Crippen LogP contribution in [0.15, 0.2) is 164 Å². The Bertz CT molecular complexity index is 4110. The minimum absolute atomic E-state index is 0.0277. The van der Waals surface area contributed by atoms with Crippen molar-refractivity contribution in [2.45, 2.75) is 161 Å². The lowest BCUT2D eigenvalue weighted by atomic mass is 9.36. The molecule has 2 aliphatic heterocycles. The molecular weight excluding hydrogens is 986 g/mol. The Balaban J connectivity index is 1.17. The average Bonchev–Trinajstić information content (AvgIpc) is 1.90. The molecule has 402 valence electrons. The largest absolute Gasteiger partial charge is 0.311 e. The monoisotopic (exact) mass is 1070 g/mol. The summed E-state index contributed by atoms with van der Waals surface area (Å²) in [5.41, 5.74) is 22.9. The van der Waals surface area contributed by atoms with Gasteiger partial charge in [-0.2, -0.15) is 0 Å². The van der Waals surface area contributed by atoms with Crippen LogP contribution in [0.25, 0.3) is 21.2 Å². The molecule has 0 N–H and O–H groups in total. The van der Waals surface area contributed by atoms with Gasteiger partial charge in [-0.05, 0) is 206 Å². The summed E-state index contributed by atoms with van der Waals surface area (Å²) < 4.78 is 30.0. The number of para-hydroxylation sites is 2. The zero-order valence-corrected chi connectivity index (χ0v) is 50.0. The maximum absolute atomic E-state index is 9.09. The summed E-state index contributed by atoms with van der Waals surface area (Å²) in [6, 6.07) is 61.1. The molecule has 0 unspecified atom stereocenters. The molecule has 1 fully saturated rings. The first-order chi connectivity index (χ1) is 39.2. The highest BCUT2D eigenvalue weighted by atomic mass is 32.1. The third-order valence-corrected chi connectivity index (χ3v) is 21.3. The fraction of sp³-hybridized carbons (Fsp3) is 0.333. The Hall–Kier alpha value is -6.82. The van der Waals surface area contributed by atoms with Gasteiger partial charge in [0.25, 0.3) is 6.71 Å². The first-order valence-electron chi connectivity index (χ1n) is 31.1. The smallest absolute Gasteiger partial charge is 0.264 e. The molecule has 0 radical (unpaired) electrons. The molecule has 4 aliphatic carbocycles. The van der Waals surface area contributed by atoms with Crippen molar-refractivity contribution in [3.8, 4) is 11.1 Å². The SMILES string of the molecule is [2H]C([2H])([2H])c1ccccc1N(c1ccccc1)c1cc2c3c(c1)N(c1ccc4c(c1)C(C)(C)CCC4(C)C)c1c(sc4cc5c(cc14)C1(C)CCC5(C)CC1)B3c1cc(C(C)(C)C)ccc1N2c1ccc(C(C)(C)C)cc1-c1ccccc1. The Morgan fingerprint density at radius 1 is 0.512 bits per heavy atom. The highest BCUT2D eigenvalue weighted by molar-refractivity contribution is 7.33. The van der Waals surface area contributed by atoms with E-state index in [0.717, 1.165) is 63.8 Å². The van der Waals surface area contributed by atoms with Crippen LogP contribution < -0.4 is 30.4 Å². The summed E-state index contributed by atoms with van der Waals surface area (Å²) in [6.07, 6.45) is 7.11. The van der Waals surface area contributed by atoms with E-state index in [4.69, 9.17) is 4.11 Å². The molecule has 6 aliphatic rings. The number of rotatable bonds is 6.